The highest BCUT2D eigenvalue weighted by Gasteiger charge is 2.21. The van der Waals surface area contributed by atoms with Crippen LogP contribution in [0.5, 0.6) is 0 Å². The van der Waals surface area contributed by atoms with E-state index in [1.165, 1.54) is 12.1 Å². The Morgan fingerprint density at radius 3 is 2.54 bits per heavy atom. The van der Waals surface area contributed by atoms with Gasteiger partial charge in [0.1, 0.15) is 22.9 Å². The molecule has 0 aliphatic carbocycles. The molecule has 4 rings (SSSR count). The van der Waals surface area contributed by atoms with Crippen molar-refractivity contribution in [2.45, 2.75) is 25.7 Å². The van der Waals surface area contributed by atoms with Crippen LogP contribution in [0.2, 0.25) is 0 Å². The van der Waals surface area contributed by atoms with Gasteiger partial charge in [-0.3, -0.25) is 4.79 Å². The van der Waals surface area contributed by atoms with Crippen LogP contribution in [0.4, 0.5) is 15.9 Å². The Hall–Kier alpha value is -2.89. The first-order valence-corrected chi connectivity index (χ1v) is 8.91. The number of anilines is 2. The van der Waals surface area contributed by atoms with Crippen LogP contribution in [-0.2, 0) is 0 Å². The number of nitrogens with zero attached hydrogens (tertiary/aromatic N) is 2. The van der Waals surface area contributed by atoms with Crippen molar-refractivity contribution in [2.75, 3.05) is 18.4 Å². The highest BCUT2D eigenvalue weighted by molar-refractivity contribution is 5.99. The van der Waals surface area contributed by atoms with E-state index in [9.17, 15) is 9.18 Å². The van der Waals surface area contributed by atoms with E-state index in [2.05, 4.69) is 10.3 Å². The second-order valence-corrected chi connectivity index (χ2v) is 6.53. The predicted octanol–water partition coefficient (Wildman–Crippen LogP) is 4.73. The van der Waals surface area contributed by atoms with Gasteiger partial charge in [0, 0.05) is 24.8 Å². The number of aromatic nitrogens is 1. The number of likely N-dealkylation sites (tertiary alicyclic amines) is 1. The predicted molar refractivity (Wildman–Crippen MR) is 98.1 cm³/mol. The van der Waals surface area contributed by atoms with E-state index < -0.39 is 0 Å². The van der Waals surface area contributed by atoms with Gasteiger partial charge in [-0.1, -0.05) is 12.8 Å². The Morgan fingerprint density at radius 1 is 1.08 bits per heavy atom. The van der Waals surface area contributed by atoms with E-state index >= 15 is 0 Å². The van der Waals surface area contributed by atoms with E-state index in [0.717, 1.165) is 44.2 Å². The highest BCUT2D eigenvalue weighted by atomic mass is 19.1. The first kappa shape index (κ1) is 16.6. The number of rotatable bonds is 3. The van der Waals surface area contributed by atoms with E-state index in [1.54, 1.807) is 30.5 Å². The van der Waals surface area contributed by atoms with Crippen molar-refractivity contribution in [2.24, 2.45) is 0 Å². The number of amides is 1. The van der Waals surface area contributed by atoms with Crippen molar-refractivity contribution in [3.05, 3.63) is 54.2 Å². The summed E-state index contributed by atoms with van der Waals surface area (Å²) in [5.41, 5.74) is 1.66. The third-order valence-corrected chi connectivity index (χ3v) is 4.67. The molecule has 0 unspecified atom stereocenters. The number of hydrogen-bond acceptors (Lipinski definition) is 4. The highest BCUT2D eigenvalue weighted by Crippen LogP contribution is 2.27. The molecule has 1 N–H and O–H groups in total. The Balaban J connectivity index is 1.67. The number of furan rings is 1. The maximum Gasteiger partial charge on any atom is 0.272 e. The number of benzene rings is 1. The van der Waals surface area contributed by atoms with Gasteiger partial charge in [-0.05, 0) is 43.2 Å². The molecule has 0 bridgehead atoms. The minimum atomic E-state index is -0.304. The average molecular weight is 353 g/mol. The van der Waals surface area contributed by atoms with Gasteiger partial charge >= 0.3 is 0 Å². The average Bonchev–Trinajstić information content (AvgIpc) is 2.96. The summed E-state index contributed by atoms with van der Waals surface area (Å²) in [5, 5.41) is 3.94. The van der Waals surface area contributed by atoms with Gasteiger partial charge in [-0.2, -0.15) is 0 Å². The zero-order valence-electron chi connectivity index (χ0n) is 14.4. The SMILES string of the molecule is O=C(c1cc2occc2c(Nc2ccc(F)cc2)n1)N1CCCCCC1. The lowest BCUT2D eigenvalue weighted by Gasteiger charge is -2.20. The molecule has 1 aliphatic rings. The molecule has 1 fully saturated rings. The van der Waals surface area contributed by atoms with Crippen LogP contribution < -0.4 is 5.32 Å². The van der Waals surface area contributed by atoms with Crippen molar-refractivity contribution >= 4 is 28.4 Å². The maximum absolute atomic E-state index is 13.1. The lowest BCUT2D eigenvalue weighted by molar-refractivity contribution is 0.0756. The molecule has 3 aromatic rings. The van der Waals surface area contributed by atoms with Crippen LogP contribution in [0, 0.1) is 5.82 Å². The van der Waals surface area contributed by atoms with Gasteiger partial charge in [0.15, 0.2) is 0 Å². The third-order valence-electron chi connectivity index (χ3n) is 4.67. The largest absolute Gasteiger partial charge is 0.464 e. The second-order valence-electron chi connectivity index (χ2n) is 6.53. The number of carbonyl (C=O) groups excluding carboxylic acids is 1. The molecule has 5 nitrogen and oxygen atoms in total. The minimum Gasteiger partial charge on any atom is -0.464 e. The van der Waals surface area contributed by atoms with Crippen molar-refractivity contribution in [3.8, 4) is 0 Å². The molecule has 0 atom stereocenters. The molecule has 1 saturated heterocycles. The molecule has 0 spiro atoms. The first-order valence-electron chi connectivity index (χ1n) is 8.91. The Kier molecular flexibility index (Phi) is 4.56. The molecule has 26 heavy (non-hydrogen) atoms. The summed E-state index contributed by atoms with van der Waals surface area (Å²) < 4.78 is 18.6. The maximum atomic E-state index is 13.1. The fourth-order valence-corrected chi connectivity index (χ4v) is 3.28. The molecule has 1 amide bonds. The number of carbonyl (C=O) groups is 1. The molecule has 0 radical (unpaired) electrons. The summed E-state index contributed by atoms with van der Waals surface area (Å²) in [6, 6.07) is 9.51. The molecule has 134 valence electrons. The summed E-state index contributed by atoms with van der Waals surface area (Å²) in [4.78, 5) is 19.3. The quantitative estimate of drug-likeness (QED) is 0.740. The van der Waals surface area contributed by atoms with Gasteiger partial charge in [0.25, 0.3) is 5.91 Å². The number of hydrogen-bond donors (Lipinski definition) is 1. The molecule has 3 heterocycles. The van der Waals surface area contributed by atoms with Crippen LogP contribution in [-0.4, -0.2) is 28.9 Å². The van der Waals surface area contributed by atoms with Crippen LogP contribution in [0.3, 0.4) is 0 Å². The fourth-order valence-electron chi connectivity index (χ4n) is 3.28. The van der Waals surface area contributed by atoms with E-state index in [1.807, 2.05) is 4.90 Å². The van der Waals surface area contributed by atoms with E-state index in [0.29, 0.717) is 22.8 Å². The number of pyridine rings is 1. The van der Waals surface area contributed by atoms with Crippen molar-refractivity contribution in [1.82, 2.24) is 9.88 Å². The summed E-state index contributed by atoms with van der Waals surface area (Å²) in [6.45, 7) is 1.52. The van der Waals surface area contributed by atoms with Gasteiger partial charge in [0.05, 0.1) is 11.6 Å². The molecule has 2 aromatic heterocycles. The van der Waals surface area contributed by atoms with Crippen LogP contribution in [0.1, 0.15) is 36.2 Å². The molecule has 1 aliphatic heterocycles. The summed E-state index contributed by atoms with van der Waals surface area (Å²) in [5.74, 6) is 0.149. The Bertz CT molecular complexity index is 912. The molecule has 1 aromatic carbocycles. The van der Waals surface area contributed by atoms with Crippen molar-refractivity contribution in [3.63, 3.8) is 0 Å². The third kappa shape index (κ3) is 3.40. The van der Waals surface area contributed by atoms with Crippen molar-refractivity contribution < 1.29 is 13.6 Å². The topological polar surface area (TPSA) is 58.4 Å². The zero-order chi connectivity index (χ0) is 17.9. The van der Waals surface area contributed by atoms with Gasteiger partial charge in [-0.25, -0.2) is 9.37 Å². The van der Waals surface area contributed by atoms with Crippen molar-refractivity contribution in [1.29, 1.82) is 0 Å². The second kappa shape index (κ2) is 7.15. The molecular formula is C20H20FN3O2. The number of fused-ring (bicyclic) bond motifs is 1. The smallest absolute Gasteiger partial charge is 0.272 e. The van der Waals surface area contributed by atoms with E-state index in [4.69, 9.17) is 4.42 Å². The monoisotopic (exact) mass is 353 g/mol. The van der Waals surface area contributed by atoms with Crippen LogP contribution in [0.25, 0.3) is 11.0 Å². The minimum absolute atomic E-state index is 0.0765. The first-order chi connectivity index (χ1) is 12.7. The lowest BCUT2D eigenvalue weighted by atomic mass is 10.2. The summed E-state index contributed by atoms with van der Waals surface area (Å²) >= 11 is 0. The molecule has 0 saturated carbocycles. The van der Waals surface area contributed by atoms with Crippen LogP contribution >= 0.6 is 0 Å². The molecular weight excluding hydrogens is 333 g/mol. The number of halogens is 1. The fraction of sp³-hybridized carbons (Fsp3) is 0.300. The summed E-state index contributed by atoms with van der Waals surface area (Å²) in [7, 11) is 0. The standard InChI is InChI=1S/C20H20FN3O2/c21-14-5-7-15(8-6-14)22-19-16-9-12-26-18(16)13-17(23-19)20(25)24-10-3-1-2-4-11-24/h5-9,12-13H,1-4,10-11H2,(H,22,23). The zero-order valence-corrected chi connectivity index (χ0v) is 14.4. The molecule has 6 heteroatoms. The van der Waals surface area contributed by atoms with Gasteiger partial charge < -0.3 is 14.6 Å². The number of nitrogens with one attached hydrogen (secondary N) is 1. The Labute approximate surface area is 150 Å². The normalized spacial score (nSPS) is 15.0. The van der Waals surface area contributed by atoms with Crippen LogP contribution in [0.15, 0.2) is 47.1 Å². The lowest BCUT2D eigenvalue weighted by Crippen LogP contribution is -2.32. The summed E-state index contributed by atoms with van der Waals surface area (Å²) in [6.07, 6.45) is 5.94. The van der Waals surface area contributed by atoms with Gasteiger partial charge in [0.2, 0.25) is 0 Å². The Morgan fingerprint density at radius 2 is 1.81 bits per heavy atom. The van der Waals surface area contributed by atoms with Gasteiger partial charge in [-0.15, -0.1) is 0 Å². The van der Waals surface area contributed by atoms with E-state index in [-0.39, 0.29) is 11.7 Å².